The number of nitrogens with two attached hydrogens (primary N) is 1. The fraction of sp³-hybridized carbons (Fsp3) is 0.333. The summed E-state index contributed by atoms with van der Waals surface area (Å²) in [6, 6.07) is 5.56. The van der Waals surface area contributed by atoms with Gasteiger partial charge in [-0.15, -0.1) is 5.10 Å². The number of anilines is 1. The van der Waals surface area contributed by atoms with Crippen molar-refractivity contribution < 1.29 is 8.42 Å². The number of rotatable bonds is 5. The molecule has 92 valence electrons. The van der Waals surface area contributed by atoms with Crippen molar-refractivity contribution in [1.29, 1.82) is 0 Å². The molecular formula is C9H13N5O2S. The molecule has 3 N–H and O–H groups in total. The normalized spacial score (nSPS) is 11.8. The first kappa shape index (κ1) is 11.8. The van der Waals surface area contributed by atoms with Gasteiger partial charge in [0, 0.05) is 12.7 Å². The van der Waals surface area contributed by atoms with E-state index in [1.807, 2.05) is 18.2 Å². The van der Waals surface area contributed by atoms with Gasteiger partial charge in [0.05, 0.1) is 5.75 Å². The first-order valence-electron chi connectivity index (χ1n) is 5.10. The maximum absolute atomic E-state index is 10.7. The maximum Gasteiger partial charge on any atom is 0.243 e. The molecule has 0 radical (unpaired) electrons. The first-order valence-corrected chi connectivity index (χ1v) is 6.82. The van der Waals surface area contributed by atoms with Crippen molar-refractivity contribution in [1.82, 2.24) is 14.6 Å². The quantitative estimate of drug-likeness (QED) is 0.721. The number of pyridine rings is 1. The number of primary sulfonamides is 1. The molecule has 0 spiro atoms. The van der Waals surface area contributed by atoms with Crippen LogP contribution in [-0.2, 0) is 10.0 Å². The average molecular weight is 255 g/mol. The second-order valence-electron chi connectivity index (χ2n) is 3.59. The molecule has 17 heavy (non-hydrogen) atoms. The number of nitrogens with one attached hydrogen (secondary N) is 1. The molecule has 8 heteroatoms. The molecule has 7 nitrogen and oxygen atoms in total. The van der Waals surface area contributed by atoms with Crippen molar-refractivity contribution in [2.45, 2.75) is 6.42 Å². The Morgan fingerprint density at radius 3 is 2.94 bits per heavy atom. The predicted molar refractivity (Wildman–Crippen MR) is 64.1 cm³/mol. The van der Waals surface area contributed by atoms with Gasteiger partial charge in [0.25, 0.3) is 0 Å². The number of hydrogen-bond acceptors (Lipinski definition) is 5. The highest BCUT2D eigenvalue weighted by Gasteiger charge is 2.04. The van der Waals surface area contributed by atoms with Crippen molar-refractivity contribution in [2.75, 3.05) is 17.6 Å². The molecule has 0 aliphatic rings. The predicted octanol–water partition coefficient (Wildman–Crippen LogP) is -0.180. The second kappa shape index (κ2) is 4.68. The van der Waals surface area contributed by atoms with E-state index in [0.717, 1.165) is 5.65 Å². The minimum atomic E-state index is -3.39. The van der Waals surface area contributed by atoms with Crippen LogP contribution in [0.4, 0.5) is 5.95 Å². The van der Waals surface area contributed by atoms with E-state index in [-0.39, 0.29) is 5.75 Å². The topological polar surface area (TPSA) is 102 Å². The van der Waals surface area contributed by atoms with Gasteiger partial charge in [-0.1, -0.05) is 6.07 Å². The minimum absolute atomic E-state index is 0.0482. The SMILES string of the molecule is NS(=O)(=O)CCCNc1nc2ccccn2n1. The zero-order valence-electron chi connectivity index (χ0n) is 9.07. The van der Waals surface area contributed by atoms with Gasteiger partial charge in [-0.05, 0) is 18.6 Å². The van der Waals surface area contributed by atoms with E-state index in [0.29, 0.717) is 18.9 Å². The van der Waals surface area contributed by atoms with Crippen LogP contribution in [0.1, 0.15) is 6.42 Å². The summed E-state index contributed by atoms with van der Waals surface area (Å²) >= 11 is 0. The van der Waals surface area contributed by atoms with Crippen molar-refractivity contribution in [2.24, 2.45) is 5.14 Å². The Labute approximate surface area is 98.7 Å². The molecule has 2 heterocycles. The molecule has 2 aromatic heterocycles. The molecule has 0 saturated carbocycles. The van der Waals surface area contributed by atoms with Crippen LogP contribution in [-0.4, -0.2) is 35.3 Å². The summed E-state index contributed by atoms with van der Waals surface area (Å²) in [7, 11) is -3.39. The largest absolute Gasteiger partial charge is 0.353 e. The van der Waals surface area contributed by atoms with Crippen LogP contribution in [0.2, 0.25) is 0 Å². The molecular weight excluding hydrogens is 242 g/mol. The van der Waals surface area contributed by atoms with Crippen molar-refractivity contribution in [3.8, 4) is 0 Å². The van der Waals surface area contributed by atoms with Gasteiger partial charge in [-0.3, -0.25) is 0 Å². The highest BCUT2D eigenvalue weighted by molar-refractivity contribution is 7.89. The lowest BCUT2D eigenvalue weighted by Crippen LogP contribution is -2.18. The molecule has 2 rings (SSSR count). The highest BCUT2D eigenvalue weighted by atomic mass is 32.2. The maximum atomic E-state index is 10.7. The number of sulfonamides is 1. The molecule has 0 aliphatic heterocycles. The third-order valence-electron chi connectivity index (χ3n) is 2.13. The number of aromatic nitrogens is 3. The Bertz CT molecular complexity index is 574. The smallest absolute Gasteiger partial charge is 0.243 e. The van der Waals surface area contributed by atoms with Crippen LogP contribution >= 0.6 is 0 Å². The summed E-state index contributed by atoms with van der Waals surface area (Å²) in [6.07, 6.45) is 2.21. The van der Waals surface area contributed by atoms with E-state index >= 15 is 0 Å². The van der Waals surface area contributed by atoms with E-state index in [9.17, 15) is 8.42 Å². The Balaban J connectivity index is 1.91. The summed E-state index contributed by atoms with van der Waals surface area (Å²) in [5.74, 6) is 0.429. The monoisotopic (exact) mass is 255 g/mol. The van der Waals surface area contributed by atoms with Gasteiger partial charge in [0.15, 0.2) is 5.65 Å². The number of hydrogen-bond donors (Lipinski definition) is 2. The van der Waals surface area contributed by atoms with Gasteiger partial charge in [-0.25, -0.2) is 18.1 Å². The molecule has 0 aliphatic carbocycles. The lowest BCUT2D eigenvalue weighted by atomic mass is 10.5. The van der Waals surface area contributed by atoms with Crippen LogP contribution in [0, 0.1) is 0 Å². The number of fused-ring (bicyclic) bond motifs is 1. The van der Waals surface area contributed by atoms with Crippen molar-refractivity contribution in [3.05, 3.63) is 24.4 Å². The molecule has 0 amide bonds. The summed E-state index contributed by atoms with van der Waals surface area (Å²) < 4.78 is 23.0. The van der Waals surface area contributed by atoms with Gasteiger partial charge in [-0.2, -0.15) is 4.98 Å². The zero-order chi connectivity index (χ0) is 12.3. The third-order valence-corrected chi connectivity index (χ3v) is 2.99. The lowest BCUT2D eigenvalue weighted by molar-refractivity contribution is 0.595. The summed E-state index contributed by atoms with van der Waals surface area (Å²) in [4.78, 5) is 4.21. The lowest BCUT2D eigenvalue weighted by Gasteiger charge is -1.99. The van der Waals surface area contributed by atoms with Gasteiger partial charge in [0.1, 0.15) is 0 Å². The van der Waals surface area contributed by atoms with Crippen LogP contribution in [0.15, 0.2) is 24.4 Å². The van der Waals surface area contributed by atoms with Crippen LogP contribution < -0.4 is 10.5 Å². The Morgan fingerprint density at radius 2 is 2.24 bits per heavy atom. The fourth-order valence-electron chi connectivity index (χ4n) is 1.38. The van der Waals surface area contributed by atoms with Gasteiger partial charge in [0.2, 0.25) is 16.0 Å². The Morgan fingerprint density at radius 1 is 1.41 bits per heavy atom. The fourth-order valence-corrected chi connectivity index (χ4v) is 1.93. The van der Waals surface area contributed by atoms with E-state index in [4.69, 9.17) is 5.14 Å². The molecule has 2 aromatic rings. The zero-order valence-corrected chi connectivity index (χ0v) is 9.89. The van der Waals surface area contributed by atoms with Gasteiger partial charge >= 0.3 is 0 Å². The average Bonchev–Trinajstić information content (AvgIpc) is 2.65. The minimum Gasteiger partial charge on any atom is -0.353 e. The summed E-state index contributed by atoms with van der Waals surface area (Å²) in [5, 5.41) is 12.0. The highest BCUT2D eigenvalue weighted by Crippen LogP contribution is 2.04. The standard InChI is InChI=1S/C9H13N5O2S/c10-17(15,16)7-3-5-11-9-12-8-4-1-2-6-14(8)13-9/h1-2,4,6H,3,5,7H2,(H,11,13)(H2,10,15,16). The molecule has 0 bridgehead atoms. The van der Waals surface area contributed by atoms with Crippen LogP contribution in [0.5, 0.6) is 0 Å². The molecule has 0 unspecified atom stereocenters. The van der Waals surface area contributed by atoms with E-state index in [1.165, 1.54) is 0 Å². The molecule has 0 fully saturated rings. The van der Waals surface area contributed by atoms with Gasteiger partial charge < -0.3 is 5.32 Å². The van der Waals surface area contributed by atoms with E-state index in [2.05, 4.69) is 15.4 Å². The second-order valence-corrected chi connectivity index (χ2v) is 5.32. The molecule has 0 aromatic carbocycles. The van der Waals surface area contributed by atoms with Crippen LogP contribution in [0.3, 0.4) is 0 Å². The summed E-state index contributed by atoms with van der Waals surface area (Å²) in [5.41, 5.74) is 0.737. The Hall–Kier alpha value is -1.67. The van der Waals surface area contributed by atoms with E-state index in [1.54, 1.807) is 10.7 Å². The Kier molecular flexibility index (Phi) is 3.25. The van der Waals surface area contributed by atoms with Crippen molar-refractivity contribution in [3.63, 3.8) is 0 Å². The van der Waals surface area contributed by atoms with E-state index < -0.39 is 10.0 Å². The first-order chi connectivity index (χ1) is 8.04. The molecule has 0 atom stereocenters. The van der Waals surface area contributed by atoms with Crippen LogP contribution in [0.25, 0.3) is 5.65 Å². The third kappa shape index (κ3) is 3.40. The number of nitrogens with zero attached hydrogens (tertiary/aromatic N) is 3. The summed E-state index contributed by atoms with van der Waals surface area (Å²) in [6.45, 7) is 0.466. The van der Waals surface area contributed by atoms with Crippen molar-refractivity contribution >= 4 is 21.6 Å². The molecule has 0 saturated heterocycles.